The Morgan fingerprint density at radius 3 is 1.71 bits per heavy atom. The Balaban J connectivity index is 0.000000119. The first-order valence-electron chi connectivity index (χ1n) is 20.8. The van der Waals surface area contributed by atoms with Crippen LogP contribution in [0.1, 0.15) is 98.7 Å². The van der Waals surface area contributed by atoms with Crippen LogP contribution in [0.15, 0.2) is 45.4 Å². The van der Waals surface area contributed by atoms with Crippen LogP contribution >= 0.6 is 58.0 Å². The molecule has 0 amide bonds. The number of benzene rings is 2. The number of rotatable bonds is 8. The van der Waals surface area contributed by atoms with Crippen molar-refractivity contribution in [2.24, 2.45) is 23.7 Å². The first kappa shape index (κ1) is 41.0. The van der Waals surface area contributed by atoms with Gasteiger partial charge < -0.3 is 28.4 Å². The fourth-order valence-corrected chi connectivity index (χ4v) is 11.8. The van der Waals surface area contributed by atoms with Crippen LogP contribution in [-0.4, -0.2) is 59.0 Å². The van der Waals surface area contributed by atoms with Gasteiger partial charge in [-0.05, 0) is 87.5 Å². The van der Waals surface area contributed by atoms with Crippen molar-refractivity contribution in [1.82, 2.24) is 10.3 Å². The van der Waals surface area contributed by atoms with E-state index in [1.54, 1.807) is 24.8 Å². The van der Waals surface area contributed by atoms with Crippen molar-refractivity contribution in [2.75, 3.05) is 19.8 Å². The van der Waals surface area contributed by atoms with Gasteiger partial charge in [0.2, 0.25) is 12.4 Å². The molecule has 4 aromatic rings. The molecule has 0 radical (unpaired) electrons. The predicted molar refractivity (Wildman–Crippen MR) is 222 cm³/mol. The van der Waals surface area contributed by atoms with Gasteiger partial charge in [0, 0.05) is 58.8 Å². The summed E-state index contributed by atoms with van der Waals surface area (Å²) in [5, 5.41) is 20.3. The van der Waals surface area contributed by atoms with Gasteiger partial charge >= 0.3 is 0 Å². The minimum atomic E-state index is -0.336. The molecule has 59 heavy (non-hydrogen) atoms. The van der Waals surface area contributed by atoms with Crippen molar-refractivity contribution in [2.45, 2.75) is 112 Å². The van der Waals surface area contributed by atoms with Crippen LogP contribution < -0.4 is 0 Å². The molecular formula is C44H46Cl5N2O8+. The Morgan fingerprint density at radius 1 is 0.695 bits per heavy atom. The third-order valence-corrected chi connectivity index (χ3v) is 15.1. The monoisotopic (exact) mass is 905 g/mol. The standard InChI is InChI=1S/C22H23Cl2NO4.C13H10Cl3NO.C9H13O3/c23-16-2-1-3-17(24)19(16)20-15(21(29-25-20)12-4-5-12)11-26-18-9-14-8-13(18)10-22(14)27-6-7-28-22;14-6-8-12(17-18-13(8)7-4-5-7)11-9(15)2-1-3-10(11)16;10-8-4-7-3-6(8)5-9(7)11-1-2-12-9/h1-3,12-14,18H,4-11H2;1-3,7H,4-6H2;1,6-8,10H,2-5H2/q;;+1/t;;6?,7?,8-,9?/m..0/s1. The molecule has 8 fully saturated rings. The van der Waals surface area contributed by atoms with Crippen LogP contribution in [0.25, 0.3) is 22.5 Å². The number of hydrogen-bond donors (Lipinski definition) is 1. The molecule has 6 unspecified atom stereocenters. The highest BCUT2D eigenvalue weighted by molar-refractivity contribution is 6.39. The van der Waals surface area contributed by atoms with Gasteiger partial charge in [0.25, 0.3) is 6.61 Å². The maximum atomic E-state index is 9.54. The summed E-state index contributed by atoms with van der Waals surface area (Å²) in [5.41, 5.74) is 4.71. The fourth-order valence-electron chi connectivity index (χ4n) is 10.4. The molecule has 10 nitrogen and oxygen atoms in total. The number of nitrogens with zero attached hydrogens (tertiary/aromatic N) is 2. The molecule has 15 heteroatoms. The van der Waals surface area contributed by atoms with Crippen molar-refractivity contribution in [3.63, 3.8) is 0 Å². The van der Waals surface area contributed by atoms with Crippen LogP contribution in [-0.2, 0) is 36.2 Å². The highest BCUT2D eigenvalue weighted by atomic mass is 35.5. The van der Waals surface area contributed by atoms with Gasteiger partial charge in [-0.1, -0.05) is 68.8 Å². The van der Waals surface area contributed by atoms with E-state index in [-0.39, 0.29) is 23.8 Å². The third kappa shape index (κ3) is 7.75. The Morgan fingerprint density at radius 2 is 1.24 bits per heavy atom. The van der Waals surface area contributed by atoms with Gasteiger partial charge in [0.05, 0.1) is 58.0 Å². The lowest BCUT2D eigenvalue weighted by Crippen LogP contribution is -2.40. The van der Waals surface area contributed by atoms with E-state index in [0.29, 0.717) is 105 Å². The van der Waals surface area contributed by atoms with E-state index in [0.717, 1.165) is 92.4 Å². The highest BCUT2D eigenvalue weighted by Gasteiger charge is 2.62. The molecule has 2 saturated heterocycles. The summed E-state index contributed by atoms with van der Waals surface area (Å²) in [7, 11) is 0. The van der Waals surface area contributed by atoms with E-state index in [2.05, 4.69) is 10.3 Å². The van der Waals surface area contributed by atoms with Gasteiger partial charge in [-0.2, -0.15) is 4.74 Å². The molecule has 4 bridgehead atoms. The summed E-state index contributed by atoms with van der Waals surface area (Å²) in [5.74, 6) is 4.15. The second-order valence-electron chi connectivity index (χ2n) is 17.2. The van der Waals surface area contributed by atoms with Crippen molar-refractivity contribution in [3.8, 4) is 22.5 Å². The van der Waals surface area contributed by atoms with E-state index in [1.165, 1.54) is 0 Å². The maximum absolute atomic E-state index is 9.54. The predicted octanol–water partition coefficient (Wildman–Crippen LogP) is 11.5. The second-order valence-corrected chi connectivity index (χ2v) is 19.1. The molecule has 6 saturated carbocycles. The average Bonchev–Trinajstić information content (AvgIpc) is 3.64. The van der Waals surface area contributed by atoms with Crippen molar-refractivity contribution in [3.05, 3.63) is 85.7 Å². The number of aliphatic hydroxyl groups excluding tert-OH is 1. The molecule has 6 aliphatic carbocycles. The molecule has 7 atom stereocenters. The lowest BCUT2D eigenvalue weighted by molar-refractivity contribution is -0.203. The van der Waals surface area contributed by atoms with Crippen molar-refractivity contribution in [1.29, 1.82) is 0 Å². The van der Waals surface area contributed by atoms with Gasteiger partial charge in [0.1, 0.15) is 22.9 Å². The Labute approximate surface area is 368 Å². The Kier molecular flexibility index (Phi) is 11.5. The number of aliphatic hydroxyl groups is 1. The molecule has 8 aliphatic rings. The third-order valence-electron chi connectivity index (χ3n) is 13.6. The number of alkyl halides is 1. The Hall–Kier alpha value is -2.06. The zero-order valence-corrected chi connectivity index (χ0v) is 36.1. The van der Waals surface area contributed by atoms with Crippen molar-refractivity contribution < 1.29 is 37.8 Å². The van der Waals surface area contributed by atoms with E-state index in [4.69, 9.17) is 90.7 Å². The average molecular weight is 908 g/mol. The summed E-state index contributed by atoms with van der Waals surface area (Å²) >= 11 is 31.3. The largest absolute Gasteiger partial charge is 0.393 e. The fraction of sp³-hybridized carbons (Fsp3) is 0.568. The SMILES string of the molecule is ClCc1c(-c2c(Cl)cccc2Cl)noc1C1CC1.Clc1cccc(Cl)c1-c1noc(C2CC2)c1COC1CC2CC1CC21OCCO1.O[C@H]1CC2CC1CC21O[CH+]CO1. The molecule has 2 aliphatic heterocycles. The van der Waals surface area contributed by atoms with Gasteiger partial charge in [0.15, 0.2) is 5.79 Å². The lowest BCUT2D eigenvalue weighted by atomic mass is 9.91. The van der Waals surface area contributed by atoms with Crippen LogP contribution in [0.3, 0.4) is 0 Å². The number of aromatic nitrogens is 2. The van der Waals surface area contributed by atoms with Gasteiger partial charge in [-0.15, -0.1) is 11.6 Å². The van der Waals surface area contributed by atoms with E-state index in [9.17, 15) is 5.11 Å². The van der Waals surface area contributed by atoms with Crippen LogP contribution in [0.4, 0.5) is 0 Å². The Bertz CT molecular complexity index is 2120. The molecule has 1 N–H and O–H groups in total. The van der Waals surface area contributed by atoms with Crippen LogP contribution in [0.2, 0.25) is 20.1 Å². The summed E-state index contributed by atoms with van der Waals surface area (Å²) in [4.78, 5) is 0. The van der Waals surface area contributed by atoms with Crippen molar-refractivity contribution >= 4 is 58.0 Å². The second kappa shape index (κ2) is 16.6. The minimum absolute atomic E-state index is 0.103. The smallest absolute Gasteiger partial charge is 0.259 e. The summed E-state index contributed by atoms with van der Waals surface area (Å²) in [6.45, 7) is 4.24. The first-order valence-corrected chi connectivity index (χ1v) is 22.8. The quantitative estimate of drug-likeness (QED) is 0.135. The molecule has 314 valence electrons. The summed E-state index contributed by atoms with van der Waals surface area (Å²) in [6.07, 6.45) is 10.5. The zero-order valence-electron chi connectivity index (χ0n) is 32.4. The van der Waals surface area contributed by atoms with E-state index in [1.807, 2.05) is 18.2 Å². The molecule has 12 rings (SSSR count). The topological polar surface area (TPSA) is 118 Å². The number of hydrogen-bond acceptors (Lipinski definition) is 10. The molecule has 2 aromatic heterocycles. The van der Waals surface area contributed by atoms with Gasteiger partial charge in [-0.25, -0.2) is 0 Å². The lowest BCUT2D eigenvalue weighted by Gasteiger charge is -2.35. The number of halogens is 5. The minimum Gasteiger partial charge on any atom is -0.393 e. The zero-order chi connectivity index (χ0) is 40.5. The van der Waals surface area contributed by atoms with Crippen LogP contribution in [0.5, 0.6) is 0 Å². The normalized spacial score (nSPS) is 30.8. The summed E-state index contributed by atoms with van der Waals surface area (Å²) in [6, 6.07) is 10.9. The number of fused-ring (bicyclic) bond motifs is 6. The highest BCUT2D eigenvalue weighted by Crippen LogP contribution is 2.57. The summed E-state index contributed by atoms with van der Waals surface area (Å²) < 4.78 is 40.7. The maximum Gasteiger partial charge on any atom is 0.259 e. The van der Waals surface area contributed by atoms with Crippen LogP contribution in [0, 0.1) is 30.3 Å². The molecular weight excluding hydrogens is 862 g/mol. The van der Waals surface area contributed by atoms with Gasteiger partial charge in [-0.3, -0.25) is 4.74 Å². The van der Waals surface area contributed by atoms with E-state index >= 15 is 0 Å². The first-order chi connectivity index (χ1) is 28.7. The molecule has 2 aromatic carbocycles. The van der Waals surface area contributed by atoms with E-state index < -0.39 is 0 Å². The molecule has 4 heterocycles. The number of ether oxygens (including phenoxy) is 5. The molecule has 2 spiro atoms.